The zero-order chi connectivity index (χ0) is 12.5. The summed E-state index contributed by atoms with van der Waals surface area (Å²) in [5.41, 5.74) is -1.01. The number of carboxylic acids is 1. The van der Waals surface area contributed by atoms with Gasteiger partial charge in [-0.25, -0.2) is 4.79 Å². The van der Waals surface area contributed by atoms with Gasteiger partial charge in [0.2, 0.25) is 0 Å². The molecule has 0 aromatic carbocycles. The van der Waals surface area contributed by atoms with Crippen molar-refractivity contribution in [1.82, 2.24) is 0 Å². The highest BCUT2D eigenvalue weighted by Crippen LogP contribution is 2.42. The lowest BCUT2D eigenvalue weighted by atomic mass is 9.75. The third-order valence-electron chi connectivity index (χ3n) is 3.72. The van der Waals surface area contributed by atoms with Crippen molar-refractivity contribution in [3.05, 3.63) is 23.7 Å². The number of rotatable bonds is 3. The SMILES string of the molecule is CCC1CCCC(O)(c2occc2C(=O)O)C1. The van der Waals surface area contributed by atoms with Crippen LogP contribution in [0.1, 0.15) is 55.1 Å². The van der Waals surface area contributed by atoms with Gasteiger partial charge >= 0.3 is 5.97 Å². The van der Waals surface area contributed by atoms with E-state index in [4.69, 9.17) is 9.52 Å². The van der Waals surface area contributed by atoms with Crippen LogP contribution in [0.5, 0.6) is 0 Å². The van der Waals surface area contributed by atoms with Gasteiger partial charge in [0, 0.05) is 0 Å². The summed E-state index contributed by atoms with van der Waals surface area (Å²) in [6.45, 7) is 2.09. The fourth-order valence-electron chi connectivity index (χ4n) is 2.76. The van der Waals surface area contributed by atoms with Crippen molar-refractivity contribution >= 4 is 5.97 Å². The maximum Gasteiger partial charge on any atom is 0.339 e. The second-order valence-electron chi connectivity index (χ2n) is 4.87. The molecule has 4 nitrogen and oxygen atoms in total. The van der Waals surface area contributed by atoms with E-state index in [1.807, 2.05) is 0 Å². The maximum absolute atomic E-state index is 11.0. The summed E-state index contributed by atoms with van der Waals surface area (Å²) in [4.78, 5) is 11.0. The third-order valence-corrected chi connectivity index (χ3v) is 3.72. The van der Waals surface area contributed by atoms with Crippen molar-refractivity contribution in [1.29, 1.82) is 0 Å². The summed E-state index contributed by atoms with van der Waals surface area (Å²) in [6.07, 6.45) is 5.53. The lowest BCUT2D eigenvalue weighted by Gasteiger charge is -2.35. The maximum atomic E-state index is 11.0. The van der Waals surface area contributed by atoms with Crippen LogP contribution in [0.3, 0.4) is 0 Å². The molecule has 17 heavy (non-hydrogen) atoms. The predicted molar refractivity (Wildman–Crippen MR) is 61.8 cm³/mol. The van der Waals surface area contributed by atoms with Crippen LogP contribution in [0, 0.1) is 5.92 Å². The van der Waals surface area contributed by atoms with Gasteiger partial charge in [-0.15, -0.1) is 0 Å². The molecule has 2 rings (SSSR count). The van der Waals surface area contributed by atoms with Crippen LogP contribution >= 0.6 is 0 Å². The van der Waals surface area contributed by atoms with Crippen molar-refractivity contribution in [3.8, 4) is 0 Å². The molecule has 0 amide bonds. The molecule has 1 aliphatic rings. The van der Waals surface area contributed by atoms with Crippen LogP contribution in [0.2, 0.25) is 0 Å². The first-order chi connectivity index (χ1) is 8.07. The molecule has 0 bridgehead atoms. The van der Waals surface area contributed by atoms with Crippen LogP contribution < -0.4 is 0 Å². The molecule has 2 N–H and O–H groups in total. The minimum Gasteiger partial charge on any atom is -0.478 e. The third kappa shape index (κ3) is 2.22. The highest BCUT2D eigenvalue weighted by Gasteiger charge is 2.40. The van der Waals surface area contributed by atoms with Gasteiger partial charge in [0.15, 0.2) is 0 Å². The minimum absolute atomic E-state index is 0.0873. The fraction of sp³-hybridized carbons (Fsp3) is 0.615. The minimum atomic E-state index is -1.10. The van der Waals surface area contributed by atoms with E-state index in [1.165, 1.54) is 12.3 Å². The Balaban J connectivity index is 2.30. The molecule has 1 aromatic heterocycles. The fourth-order valence-corrected chi connectivity index (χ4v) is 2.76. The molecule has 2 unspecified atom stereocenters. The van der Waals surface area contributed by atoms with E-state index >= 15 is 0 Å². The quantitative estimate of drug-likeness (QED) is 0.849. The molecule has 1 heterocycles. The number of carbonyl (C=O) groups is 1. The lowest BCUT2D eigenvalue weighted by Crippen LogP contribution is -2.33. The largest absolute Gasteiger partial charge is 0.478 e. The van der Waals surface area contributed by atoms with Gasteiger partial charge in [-0.1, -0.05) is 19.8 Å². The highest BCUT2D eigenvalue weighted by molar-refractivity contribution is 5.89. The first kappa shape index (κ1) is 12.2. The lowest BCUT2D eigenvalue weighted by molar-refractivity contribution is -0.0400. The molecule has 1 aromatic rings. The van der Waals surface area contributed by atoms with Crippen molar-refractivity contribution in [2.45, 2.75) is 44.6 Å². The Morgan fingerprint density at radius 1 is 1.65 bits per heavy atom. The van der Waals surface area contributed by atoms with Crippen molar-refractivity contribution in [2.75, 3.05) is 0 Å². The van der Waals surface area contributed by atoms with Gasteiger partial charge in [0.1, 0.15) is 16.9 Å². The number of aromatic carboxylic acids is 1. The first-order valence-electron chi connectivity index (χ1n) is 6.10. The van der Waals surface area contributed by atoms with Gasteiger partial charge < -0.3 is 14.6 Å². The number of furan rings is 1. The van der Waals surface area contributed by atoms with Crippen LogP contribution in [-0.4, -0.2) is 16.2 Å². The number of aliphatic hydroxyl groups is 1. The summed E-state index contributed by atoms with van der Waals surface area (Å²) in [6, 6.07) is 1.41. The summed E-state index contributed by atoms with van der Waals surface area (Å²) in [7, 11) is 0. The van der Waals surface area contributed by atoms with Crippen LogP contribution in [0.15, 0.2) is 16.7 Å². The standard InChI is InChI=1S/C13H18O4/c1-2-9-4-3-6-13(16,8-9)11-10(12(14)15)5-7-17-11/h5,7,9,16H,2-4,6,8H2,1H3,(H,14,15). The summed E-state index contributed by atoms with van der Waals surface area (Å²) in [5, 5.41) is 19.7. The average molecular weight is 238 g/mol. The Kier molecular flexibility index (Phi) is 3.24. The van der Waals surface area contributed by atoms with Gasteiger partial charge in [0.25, 0.3) is 0 Å². The second kappa shape index (κ2) is 4.53. The average Bonchev–Trinajstić information content (AvgIpc) is 2.78. The van der Waals surface area contributed by atoms with Gasteiger partial charge in [-0.3, -0.25) is 0 Å². The number of hydrogen-bond acceptors (Lipinski definition) is 3. The Morgan fingerprint density at radius 2 is 2.41 bits per heavy atom. The number of hydrogen-bond donors (Lipinski definition) is 2. The van der Waals surface area contributed by atoms with Gasteiger partial charge in [-0.05, 0) is 31.2 Å². The number of carboxylic acid groups (broad SMARTS) is 1. The van der Waals surface area contributed by atoms with Gasteiger partial charge in [-0.2, -0.15) is 0 Å². The Labute approximate surface area is 100 Å². The zero-order valence-electron chi connectivity index (χ0n) is 9.98. The first-order valence-corrected chi connectivity index (χ1v) is 6.10. The highest BCUT2D eigenvalue weighted by atomic mass is 16.4. The van der Waals surface area contributed by atoms with E-state index in [0.29, 0.717) is 18.8 Å². The predicted octanol–water partition coefficient (Wildman–Crippen LogP) is 2.77. The van der Waals surface area contributed by atoms with Crippen molar-refractivity contribution in [2.24, 2.45) is 5.92 Å². The van der Waals surface area contributed by atoms with E-state index in [2.05, 4.69) is 6.92 Å². The molecular formula is C13H18O4. The van der Waals surface area contributed by atoms with E-state index in [-0.39, 0.29) is 11.3 Å². The Morgan fingerprint density at radius 3 is 3.06 bits per heavy atom. The van der Waals surface area contributed by atoms with Crippen LogP contribution in [0.4, 0.5) is 0 Å². The molecule has 1 fully saturated rings. The van der Waals surface area contributed by atoms with Gasteiger partial charge in [0.05, 0.1) is 6.26 Å². The molecule has 0 saturated heterocycles. The molecule has 1 saturated carbocycles. The topological polar surface area (TPSA) is 70.7 Å². The van der Waals surface area contributed by atoms with E-state index in [9.17, 15) is 9.90 Å². The molecule has 0 aliphatic heterocycles. The molecule has 0 spiro atoms. The van der Waals surface area contributed by atoms with E-state index < -0.39 is 11.6 Å². The molecule has 0 radical (unpaired) electrons. The monoisotopic (exact) mass is 238 g/mol. The summed E-state index contributed by atoms with van der Waals surface area (Å²) in [5.74, 6) is -0.371. The summed E-state index contributed by atoms with van der Waals surface area (Å²) < 4.78 is 5.23. The van der Waals surface area contributed by atoms with E-state index in [0.717, 1.165) is 19.3 Å². The molecule has 2 atom stereocenters. The summed E-state index contributed by atoms with van der Waals surface area (Å²) >= 11 is 0. The van der Waals surface area contributed by atoms with Crippen molar-refractivity contribution in [3.63, 3.8) is 0 Å². The van der Waals surface area contributed by atoms with Crippen molar-refractivity contribution < 1.29 is 19.4 Å². The molecule has 1 aliphatic carbocycles. The normalized spacial score (nSPS) is 29.2. The Hall–Kier alpha value is -1.29. The molecular weight excluding hydrogens is 220 g/mol. The van der Waals surface area contributed by atoms with Crippen LogP contribution in [0.25, 0.3) is 0 Å². The molecule has 94 valence electrons. The Bertz CT molecular complexity index is 409. The van der Waals surface area contributed by atoms with E-state index in [1.54, 1.807) is 0 Å². The molecule has 4 heteroatoms. The second-order valence-corrected chi connectivity index (χ2v) is 4.87. The zero-order valence-corrected chi connectivity index (χ0v) is 9.98. The van der Waals surface area contributed by atoms with Crippen LogP contribution in [-0.2, 0) is 5.60 Å². The smallest absolute Gasteiger partial charge is 0.339 e.